The molecule has 3 unspecified atom stereocenters. The second-order valence-corrected chi connectivity index (χ2v) is 4.89. The van der Waals surface area contributed by atoms with E-state index in [4.69, 9.17) is 4.74 Å². The van der Waals surface area contributed by atoms with Gasteiger partial charge >= 0.3 is 0 Å². The molecule has 1 fully saturated rings. The smallest absolute Gasteiger partial charge is 0.161 e. The van der Waals surface area contributed by atoms with Crippen molar-refractivity contribution in [2.75, 3.05) is 6.54 Å². The number of hydrogen-bond donors (Lipinski definition) is 1. The third-order valence-corrected chi connectivity index (χ3v) is 3.44. The van der Waals surface area contributed by atoms with Crippen molar-refractivity contribution < 1.29 is 17.9 Å². The molecule has 1 aliphatic rings. The molecule has 0 amide bonds. The molecular weight excluding hydrogens is 255 g/mol. The van der Waals surface area contributed by atoms with E-state index in [2.05, 4.69) is 5.32 Å². The predicted octanol–water partition coefficient (Wildman–Crippen LogP) is 3.32. The van der Waals surface area contributed by atoms with Gasteiger partial charge in [-0.3, -0.25) is 0 Å². The molecule has 0 aliphatic carbocycles. The van der Waals surface area contributed by atoms with Gasteiger partial charge in [-0.1, -0.05) is 6.92 Å². The molecule has 1 saturated heterocycles. The van der Waals surface area contributed by atoms with Crippen LogP contribution < -0.4 is 5.32 Å². The van der Waals surface area contributed by atoms with E-state index in [1.165, 1.54) is 0 Å². The quantitative estimate of drug-likeness (QED) is 0.850. The highest BCUT2D eigenvalue weighted by Crippen LogP contribution is 2.32. The molecule has 19 heavy (non-hydrogen) atoms. The molecular formula is C14H18F3NO. The summed E-state index contributed by atoms with van der Waals surface area (Å²) in [7, 11) is 0. The summed E-state index contributed by atoms with van der Waals surface area (Å²) < 4.78 is 45.9. The maximum absolute atomic E-state index is 13.9. The zero-order valence-corrected chi connectivity index (χ0v) is 11.1. The molecule has 0 aromatic heterocycles. The predicted molar refractivity (Wildman–Crippen MR) is 66.3 cm³/mol. The van der Waals surface area contributed by atoms with Crippen LogP contribution in [0.1, 0.15) is 38.3 Å². The van der Waals surface area contributed by atoms with Gasteiger partial charge in [0.1, 0.15) is 5.82 Å². The van der Waals surface area contributed by atoms with Crippen LogP contribution in [0.15, 0.2) is 12.1 Å². The minimum Gasteiger partial charge on any atom is -0.373 e. The van der Waals surface area contributed by atoms with Gasteiger partial charge in [0.25, 0.3) is 0 Å². The van der Waals surface area contributed by atoms with Crippen LogP contribution >= 0.6 is 0 Å². The number of likely N-dealkylation sites (N-methyl/N-ethyl adjacent to an activating group) is 1. The first-order valence-corrected chi connectivity index (χ1v) is 6.56. The van der Waals surface area contributed by atoms with Crippen LogP contribution in [0.2, 0.25) is 0 Å². The summed E-state index contributed by atoms with van der Waals surface area (Å²) in [4.78, 5) is 0. The van der Waals surface area contributed by atoms with E-state index in [0.29, 0.717) is 12.6 Å². The molecule has 1 N–H and O–H groups in total. The van der Waals surface area contributed by atoms with Crippen LogP contribution in [-0.4, -0.2) is 18.8 Å². The maximum atomic E-state index is 13.9. The fourth-order valence-corrected chi connectivity index (χ4v) is 2.52. The van der Waals surface area contributed by atoms with Crippen molar-refractivity contribution in [3.05, 3.63) is 35.1 Å². The number of nitrogens with one attached hydrogen (secondary N) is 1. The van der Waals surface area contributed by atoms with E-state index in [0.717, 1.165) is 18.9 Å². The Morgan fingerprint density at radius 3 is 2.47 bits per heavy atom. The summed E-state index contributed by atoms with van der Waals surface area (Å²) in [6.07, 6.45) is 1.56. The van der Waals surface area contributed by atoms with E-state index >= 15 is 0 Å². The third kappa shape index (κ3) is 3.09. The van der Waals surface area contributed by atoms with Crippen molar-refractivity contribution in [2.24, 2.45) is 0 Å². The van der Waals surface area contributed by atoms with Gasteiger partial charge in [0.15, 0.2) is 11.6 Å². The van der Waals surface area contributed by atoms with Crippen LogP contribution in [0.3, 0.4) is 0 Å². The van der Waals surface area contributed by atoms with Gasteiger partial charge in [0.2, 0.25) is 0 Å². The summed E-state index contributed by atoms with van der Waals surface area (Å²) in [5, 5.41) is 3.09. The Balaban J connectivity index is 2.30. The summed E-state index contributed by atoms with van der Waals surface area (Å²) in [6, 6.07) is 1.06. The summed E-state index contributed by atoms with van der Waals surface area (Å²) >= 11 is 0. The van der Waals surface area contributed by atoms with Gasteiger partial charge < -0.3 is 10.1 Å². The minimum absolute atomic E-state index is 0.111. The van der Waals surface area contributed by atoms with Crippen molar-refractivity contribution in [1.29, 1.82) is 0 Å². The lowest BCUT2D eigenvalue weighted by Crippen LogP contribution is -2.33. The highest BCUT2D eigenvalue weighted by atomic mass is 19.2. The van der Waals surface area contributed by atoms with E-state index < -0.39 is 23.5 Å². The zero-order chi connectivity index (χ0) is 14.0. The third-order valence-electron chi connectivity index (χ3n) is 3.44. The normalized spacial score (nSPS) is 24.7. The monoisotopic (exact) mass is 273 g/mol. The van der Waals surface area contributed by atoms with Crippen molar-refractivity contribution in [1.82, 2.24) is 5.32 Å². The van der Waals surface area contributed by atoms with E-state index in [9.17, 15) is 13.2 Å². The van der Waals surface area contributed by atoms with Crippen molar-refractivity contribution in [2.45, 2.75) is 44.9 Å². The Bertz CT molecular complexity index is 453. The van der Waals surface area contributed by atoms with Gasteiger partial charge in [-0.25, -0.2) is 13.2 Å². The molecule has 0 bridgehead atoms. The molecule has 0 spiro atoms. The Labute approximate surface area is 111 Å². The van der Waals surface area contributed by atoms with E-state index in [-0.39, 0.29) is 17.8 Å². The fourth-order valence-electron chi connectivity index (χ4n) is 2.52. The van der Waals surface area contributed by atoms with Crippen molar-refractivity contribution in [3.8, 4) is 0 Å². The Morgan fingerprint density at radius 1 is 1.21 bits per heavy atom. The first-order chi connectivity index (χ1) is 9.02. The Hall–Kier alpha value is -1.07. The first-order valence-electron chi connectivity index (χ1n) is 6.56. The van der Waals surface area contributed by atoms with Crippen LogP contribution in [-0.2, 0) is 4.74 Å². The van der Waals surface area contributed by atoms with Gasteiger partial charge in [0, 0.05) is 11.6 Å². The molecule has 5 heteroatoms. The van der Waals surface area contributed by atoms with Crippen molar-refractivity contribution >= 4 is 0 Å². The van der Waals surface area contributed by atoms with Gasteiger partial charge in [0.05, 0.1) is 18.2 Å². The number of halogens is 3. The van der Waals surface area contributed by atoms with Gasteiger partial charge in [-0.05, 0) is 32.4 Å². The molecule has 1 aromatic carbocycles. The van der Waals surface area contributed by atoms with Crippen LogP contribution in [0.4, 0.5) is 13.2 Å². The maximum Gasteiger partial charge on any atom is 0.161 e. The second-order valence-electron chi connectivity index (χ2n) is 4.89. The fraction of sp³-hybridized carbons (Fsp3) is 0.571. The first kappa shape index (κ1) is 14.3. The molecule has 2 rings (SSSR count). The van der Waals surface area contributed by atoms with Crippen LogP contribution in [0.25, 0.3) is 0 Å². The molecule has 0 radical (unpaired) electrons. The molecule has 1 aliphatic heterocycles. The summed E-state index contributed by atoms with van der Waals surface area (Å²) in [5.41, 5.74) is 0.125. The topological polar surface area (TPSA) is 21.3 Å². The Kier molecular flexibility index (Phi) is 4.47. The van der Waals surface area contributed by atoms with Crippen LogP contribution in [0, 0.1) is 17.5 Å². The van der Waals surface area contributed by atoms with Crippen LogP contribution in [0.5, 0.6) is 0 Å². The summed E-state index contributed by atoms with van der Waals surface area (Å²) in [5.74, 6) is -2.95. The highest BCUT2D eigenvalue weighted by Gasteiger charge is 2.32. The number of rotatable bonds is 4. The minimum atomic E-state index is -1.17. The van der Waals surface area contributed by atoms with Crippen molar-refractivity contribution in [3.63, 3.8) is 0 Å². The lowest BCUT2D eigenvalue weighted by atomic mass is 9.98. The highest BCUT2D eigenvalue weighted by molar-refractivity contribution is 5.25. The zero-order valence-electron chi connectivity index (χ0n) is 11.1. The molecule has 0 saturated carbocycles. The largest absolute Gasteiger partial charge is 0.373 e. The lowest BCUT2D eigenvalue weighted by Gasteiger charge is -2.25. The number of benzene rings is 1. The molecule has 2 nitrogen and oxygen atoms in total. The summed E-state index contributed by atoms with van der Waals surface area (Å²) in [6.45, 7) is 4.42. The van der Waals surface area contributed by atoms with Gasteiger partial charge in [-0.2, -0.15) is 0 Å². The molecule has 1 heterocycles. The average Bonchev–Trinajstić information content (AvgIpc) is 2.78. The SMILES string of the molecule is CCNC(c1cc(F)c(F)cc1F)C1CCC(C)O1. The average molecular weight is 273 g/mol. The molecule has 1 aromatic rings. The second kappa shape index (κ2) is 5.92. The lowest BCUT2D eigenvalue weighted by molar-refractivity contribution is 0.0310. The standard InChI is InChI=1S/C14H18F3NO/c1-3-18-14(13-5-4-8(2)19-13)9-6-11(16)12(17)7-10(9)15/h6-8,13-14,18H,3-5H2,1-2H3. The number of hydrogen-bond acceptors (Lipinski definition) is 2. The van der Waals surface area contributed by atoms with E-state index in [1.54, 1.807) is 0 Å². The Morgan fingerprint density at radius 2 is 1.89 bits per heavy atom. The van der Waals surface area contributed by atoms with Gasteiger partial charge in [-0.15, -0.1) is 0 Å². The molecule has 3 atom stereocenters. The van der Waals surface area contributed by atoms with E-state index in [1.807, 2.05) is 13.8 Å². The number of ether oxygens (including phenoxy) is 1. The molecule has 106 valence electrons.